The van der Waals surface area contributed by atoms with Crippen LogP contribution in [0.1, 0.15) is 21.9 Å². The van der Waals surface area contributed by atoms with Crippen molar-refractivity contribution in [2.24, 2.45) is 0 Å². The number of aryl methyl sites for hydroxylation is 1. The van der Waals surface area contributed by atoms with Crippen LogP contribution in [-0.2, 0) is 10.9 Å². The zero-order valence-electron chi connectivity index (χ0n) is 11.4. The van der Waals surface area contributed by atoms with Gasteiger partial charge in [-0.15, -0.1) is 0 Å². The Bertz CT molecular complexity index is 666. The fraction of sp³-hybridized carbons (Fsp3) is 0.417. The van der Waals surface area contributed by atoms with Crippen LogP contribution in [0.5, 0.6) is 0 Å². The molecule has 1 amide bonds. The number of alkyl halides is 3. The van der Waals surface area contributed by atoms with E-state index in [1.165, 1.54) is 20.1 Å². The summed E-state index contributed by atoms with van der Waals surface area (Å²) >= 11 is 0. The molecule has 0 aromatic carbocycles. The number of hydrogen-bond acceptors (Lipinski definition) is 4. The predicted molar refractivity (Wildman–Crippen MR) is 66.9 cm³/mol. The van der Waals surface area contributed by atoms with Gasteiger partial charge in [0.05, 0.1) is 6.61 Å². The van der Waals surface area contributed by atoms with Crippen molar-refractivity contribution in [3.8, 4) is 0 Å². The molecule has 1 N–H and O–H groups in total. The first-order valence-electron chi connectivity index (χ1n) is 6.04. The van der Waals surface area contributed by atoms with Gasteiger partial charge >= 0.3 is 6.18 Å². The van der Waals surface area contributed by atoms with Gasteiger partial charge in [0, 0.05) is 25.4 Å². The normalized spacial score (nSPS) is 11.9. The highest BCUT2D eigenvalue weighted by Crippen LogP contribution is 2.29. The van der Waals surface area contributed by atoms with Crippen LogP contribution in [0.25, 0.3) is 5.65 Å². The van der Waals surface area contributed by atoms with Crippen LogP contribution >= 0.6 is 0 Å². The summed E-state index contributed by atoms with van der Waals surface area (Å²) in [6, 6.07) is 2.09. The van der Waals surface area contributed by atoms with Crippen LogP contribution in [0, 0.1) is 6.92 Å². The molecule has 0 fully saturated rings. The van der Waals surface area contributed by atoms with E-state index in [1.807, 2.05) is 0 Å². The van der Waals surface area contributed by atoms with Crippen molar-refractivity contribution < 1.29 is 22.7 Å². The van der Waals surface area contributed by atoms with Crippen molar-refractivity contribution in [2.45, 2.75) is 13.1 Å². The number of fused-ring (bicyclic) bond motifs is 1. The second-order valence-electron chi connectivity index (χ2n) is 4.33. The van der Waals surface area contributed by atoms with Crippen molar-refractivity contribution in [3.05, 3.63) is 29.2 Å². The van der Waals surface area contributed by atoms with Crippen LogP contribution in [0.4, 0.5) is 13.2 Å². The molecule has 2 rings (SSSR count). The predicted octanol–water partition coefficient (Wildman–Crippen LogP) is 1.43. The summed E-state index contributed by atoms with van der Waals surface area (Å²) in [6.07, 6.45) is -4.58. The molecule has 0 aliphatic rings. The molecule has 2 heterocycles. The van der Waals surface area contributed by atoms with Gasteiger partial charge in [-0.05, 0) is 13.0 Å². The number of nitrogens with one attached hydrogen (secondary N) is 1. The zero-order valence-corrected chi connectivity index (χ0v) is 11.4. The molecule has 0 atom stereocenters. The van der Waals surface area contributed by atoms with E-state index < -0.39 is 17.8 Å². The van der Waals surface area contributed by atoms with Gasteiger partial charge in [0.25, 0.3) is 5.91 Å². The van der Waals surface area contributed by atoms with Crippen molar-refractivity contribution in [1.82, 2.24) is 19.9 Å². The largest absolute Gasteiger partial charge is 0.433 e. The number of halogens is 3. The lowest BCUT2D eigenvalue weighted by Crippen LogP contribution is -2.27. The highest BCUT2D eigenvalue weighted by molar-refractivity contribution is 5.93. The molecule has 0 saturated heterocycles. The minimum atomic E-state index is -4.58. The third-order valence-corrected chi connectivity index (χ3v) is 2.67. The number of carbonyl (C=O) groups excluding carboxylic acids is 1. The Balaban J connectivity index is 2.39. The maximum atomic E-state index is 13.0. The summed E-state index contributed by atoms with van der Waals surface area (Å²) in [5.41, 5.74) is -0.934. The maximum absolute atomic E-state index is 13.0. The van der Waals surface area contributed by atoms with Crippen LogP contribution in [-0.4, -0.2) is 40.8 Å². The van der Waals surface area contributed by atoms with Crippen LogP contribution < -0.4 is 5.32 Å². The fourth-order valence-corrected chi connectivity index (χ4v) is 1.77. The highest BCUT2D eigenvalue weighted by Gasteiger charge is 2.35. The first kappa shape index (κ1) is 15.2. The Kier molecular flexibility index (Phi) is 4.12. The summed E-state index contributed by atoms with van der Waals surface area (Å²) in [7, 11) is 1.47. The number of hydrogen-bond donors (Lipinski definition) is 1. The van der Waals surface area contributed by atoms with E-state index in [2.05, 4.69) is 15.4 Å². The van der Waals surface area contributed by atoms with Gasteiger partial charge in [-0.25, -0.2) is 9.50 Å². The summed E-state index contributed by atoms with van der Waals surface area (Å²) < 4.78 is 44.2. The Morgan fingerprint density at radius 1 is 1.43 bits per heavy atom. The molecular weight excluding hydrogens is 289 g/mol. The molecule has 9 heteroatoms. The van der Waals surface area contributed by atoms with E-state index in [-0.39, 0.29) is 23.6 Å². The molecule has 6 nitrogen and oxygen atoms in total. The average molecular weight is 302 g/mol. The lowest BCUT2D eigenvalue weighted by Gasteiger charge is -2.09. The number of aromatic nitrogens is 3. The van der Waals surface area contributed by atoms with E-state index in [1.54, 1.807) is 0 Å². The quantitative estimate of drug-likeness (QED) is 0.868. The Morgan fingerprint density at radius 2 is 2.14 bits per heavy atom. The van der Waals surface area contributed by atoms with Gasteiger partial charge in [-0.2, -0.15) is 18.3 Å². The van der Waals surface area contributed by atoms with Crippen molar-refractivity contribution in [1.29, 1.82) is 0 Å². The molecule has 0 saturated carbocycles. The van der Waals surface area contributed by atoms with Gasteiger partial charge in [0.2, 0.25) is 0 Å². The molecule has 0 radical (unpaired) electrons. The van der Waals surface area contributed by atoms with E-state index in [9.17, 15) is 18.0 Å². The third kappa shape index (κ3) is 3.30. The Morgan fingerprint density at radius 3 is 2.76 bits per heavy atom. The molecular formula is C12H13F3N4O2. The van der Waals surface area contributed by atoms with Crippen molar-refractivity contribution in [3.63, 3.8) is 0 Å². The van der Waals surface area contributed by atoms with Crippen LogP contribution in [0.2, 0.25) is 0 Å². The summed E-state index contributed by atoms with van der Waals surface area (Å²) in [5.74, 6) is -0.580. The summed E-state index contributed by atoms with van der Waals surface area (Å²) in [6.45, 7) is 1.98. The summed E-state index contributed by atoms with van der Waals surface area (Å²) in [5, 5.41) is 6.17. The number of nitrogens with zero attached hydrogens (tertiary/aromatic N) is 3. The second kappa shape index (κ2) is 5.68. The third-order valence-electron chi connectivity index (χ3n) is 2.67. The van der Waals surface area contributed by atoms with E-state index >= 15 is 0 Å². The number of amides is 1. The van der Waals surface area contributed by atoms with Gasteiger partial charge in [-0.3, -0.25) is 4.79 Å². The lowest BCUT2D eigenvalue weighted by atomic mass is 10.3. The van der Waals surface area contributed by atoms with E-state index in [0.29, 0.717) is 11.1 Å². The molecule has 0 unspecified atom stereocenters. The van der Waals surface area contributed by atoms with Crippen LogP contribution in [0.15, 0.2) is 12.1 Å². The number of carbonyl (C=O) groups is 1. The smallest absolute Gasteiger partial charge is 0.383 e. The molecule has 0 bridgehead atoms. The van der Waals surface area contributed by atoms with Gasteiger partial charge in [-0.1, -0.05) is 0 Å². The zero-order chi connectivity index (χ0) is 15.6. The Labute approximate surface area is 117 Å². The average Bonchev–Trinajstić information content (AvgIpc) is 2.80. The second-order valence-corrected chi connectivity index (χ2v) is 4.33. The minimum Gasteiger partial charge on any atom is -0.383 e. The number of methoxy groups -OCH3 is 1. The molecule has 114 valence electrons. The number of rotatable bonds is 4. The van der Waals surface area contributed by atoms with Crippen molar-refractivity contribution >= 4 is 11.6 Å². The van der Waals surface area contributed by atoms with Gasteiger partial charge in [0.15, 0.2) is 11.3 Å². The molecule has 2 aromatic rings. The molecule has 0 aliphatic carbocycles. The maximum Gasteiger partial charge on any atom is 0.433 e. The number of ether oxygens (including phenoxy) is 1. The lowest BCUT2D eigenvalue weighted by molar-refractivity contribution is -0.142. The molecule has 0 spiro atoms. The van der Waals surface area contributed by atoms with Crippen molar-refractivity contribution in [2.75, 3.05) is 20.3 Å². The standard InChI is InChI=1S/C12H13F3N4O2/c1-7-5-9(12(13,14)15)19-10(17-7)6-8(18-19)11(20)16-3-4-21-2/h5-6H,3-4H2,1-2H3,(H,16,20). The first-order chi connectivity index (χ1) is 9.82. The van der Waals surface area contributed by atoms with Crippen LogP contribution in [0.3, 0.4) is 0 Å². The molecule has 2 aromatic heterocycles. The van der Waals surface area contributed by atoms with Gasteiger partial charge in [0.1, 0.15) is 5.69 Å². The van der Waals surface area contributed by atoms with E-state index in [0.717, 1.165) is 6.07 Å². The SMILES string of the molecule is COCCNC(=O)c1cc2nc(C)cc(C(F)(F)F)n2n1. The Hall–Kier alpha value is -2.16. The minimum absolute atomic E-state index is 0.0285. The molecule has 0 aliphatic heterocycles. The topological polar surface area (TPSA) is 68.5 Å². The first-order valence-corrected chi connectivity index (χ1v) is 6.04. The van der Waals surface area contributed by atoms with Gasteiger partial charge < -0.3 is 10.1 Å². The summed E-state index contributed by atoms with van der Waals surface area (Å²) in [4.78, 5) is 15.7. The highest BCUT2D eigenvalue weighted by atomic mass is 19.4. The van der Waals surface area contributed by atoms with E-state index in [4.69, 9.17) is 4.74 Å². The monoisotopic (exact) mass is 302 g/mol. The molecule has 21 heavy (non-hydrogen) atoms. The fourth-order valence-electron chi connectivity index (χ4n) is 1.77.